The number of benzene rings is 1. The van der Waals surface area contributed by atoms with Crippen molar-refractivity contribution in [2.75, 3.05) is 24.7 Å². The molecular formula is C15H16INO3. The molecule has 2 fully saturated rings. The van der Waals surface area contributed by atoms with Gasteiger partial charge in [0, 0.05) is 15.7 Å². The van der Waals surface area contributed by atoms with Crippen molar-refractivity contribution >= 4 is 34.2 Å². The normalized spacial score (nSPS) is 24.2. The van der Waals surface area contributed by atoms with E-state index in [9.17, 15) is 4.79 Å². The Kier molecular flexibility index (Phi) is 3.05. The van der Waals surface area contributed by atoms with Gasteiger partial charge in [0.25, 0.3) is 11.7 Å². The number of amides is 1. The highest BCUT2D eigenvalue weighted by atomic mass is 127. The molecule has 1 aromatic rings. The smallest absolute Gasteiger partial charge is 0.292 e. The molecule has 0 unspecified atom stereocenters. The molecule has 1 aliphatic carbocycles. The first-order chi connectivity index (χ1) is 9.71. The van der Waals surface area contributed by atoms with Crippen LogP contribution in [0, 0.1) is 9.49 Å². The van der Waals surface area contributed by atoms with E-state index in [2.05, 4.69) is 22.6 Å². The van der Waals surface area contributed by atoms with Crippen molar-refractivity contribution in [2.45, 2.75) is 25.0 Å². The zero-order valence-corrected chi connectivity index (χ0v) is 13.3. The fourth-order valence-electron chi connectivity index (χ4n) is 2.96. The molecule has 4 rings (SSSR count). The summed E-state index contributed by atoms with van der Waals surface area (Å²) in [5.41, 5.74) is 1.85. The minimum Gasteiger partial charge on any atom is -0.338 e. The molecule has 3 aliphatic rings. The highest BCUT2D eigenvalue weighted by molar-refractivity contribution is 14.1. The molecule has 1 aromatic carbocycles. The SMILES string of the molecule is O=C1N(CC2CC2)c2ccc(I)cc2C12OCCCO2. The highest BCUT2D eigenvalue weighted by Gasteiger charge is 2.55. The van der Waals surface area contributed by atoms with Crippen molar-refractivity contribution in [1.29, 1.82) is 0 Å². The van der Waals surface area contributed by atoms with Gasteiger partial charge in [-0.15, -0.1) is 0 Å². The Morgan fingerprint density at radius 1 is 1.30 bits per heavy atom. The first-order valence-electron chi connectivity index (χ1n) is 7.10. The average Bonchev–Trinajstić information content (AvgIpc) is 3.26. The molecule has 1 amide bonds. The molecule has 4 nitrogen and oxygen atoms in total. The standard InChI is InChI=1S/C15H16INO3/c16-11-4-5-13-12(8-11)15(19-6-1-7-20-15)14(18)17(13)9-10-2-3-10/h4-5,8,10H,1-3,6-7,9H2. The highest BCUT2D eigenvalue weighted by Crippen LogP contribution is 2.47. The Bertz CT molecular complexity index is 564. The van der Waals surface area contributed by atoms with Gasteiger partial charge in [0.15, 0.2) is 0 Å². The van der Waals surface area contributed by atoms with Gasteiger partial charge in [-0.1, -0.05) is 0 Å². The Morgan fingerprint density at radius 2 is 2.05 bits per heavy atom. The summed E-state index contributed by atoms with van der Waals surface area (Å²) in [5.74, 6) is -0.574. The zero-order valence-electron chi connectivity index (χ0n) is 11.1. The number of anilines is 1. The fourth-order valence-corrected chi connectivity index (χ4v) is 3.45. The number of hydrogen-bond acceptors (Lipinski definition) is 3. The molecule has 1 spiro atoms. The predicted molar refractivity (Wildman–Crippen MR) is 82.4 cm³/mol. The molecule has 2 heterocycles. The summed E-state index contributed by atoms with van der Waals surface area (Å²) in [6.45, 7) is 1.95. The number of halogens is 1. The Balaban J connectivity index is 1.80. The van der Waals surface area contributed by atoms with E-state index in [-0.39, 0.29) is 5.91 Å². The third kappa shape index (κ3) is 1.90. The summed E-state index contributed by atoms with van der Waals surface area (Å²) in [4.78, 5) is 14.8. The van der Waals surface area contributed by atoms with Gasteiger partial charge in [-0.2, -0.15) is 0 Å². The fraction of sp³-hybridized carbons (Fsp3) is 0.533. The molecule has 2 aliphatic heterocycles. The van der Waals surface area contributed by atoms with E-state index in [1.54, 1.807) is 0 Å². The molecule has 20 heavy (non-hydrogen) atoms. The number of hydrogen-bond donors (Lipinski definition) is 0. The Hall–Kier alpha value is -0.660. The van der Waals surface area contributed by atoms with Gasteiger partial charge >= 0.3 is 0 Å². The minimum atomic E-state index is -1.18. The van der Waals surface area contributed by atoms with Crippen LogP contribution < -0.4 is 4.90 Å². The molecular weight excluding hydrogens is 369 g/mol. The van der Waals surface area contributed by atoms with Gasteiger partial charge in [-0.3, -0.25) is 4.79 Å². The number of rotatable bonds is 2. The molecule has 0 radical (unpaired) electrons. The topological polar surface area (TPSA) is 38.8 Å². The average molecular weight is 385 g/mol. The van der Waals surface area contributed by atoms with Gasteiger partial charge in [0.1, 0.15) is 0 Å². The van der Waals surface area contributed by atoms with Crippen molar-refractivity contribution in [3.63, 3.8) is 0 Å². The molecule has 5 heteroatoms. The van der Waals surface area contributed by atoms with E-state index >= 15 is 0 Å². The van der Waals surface area contributed by atoms with Crippen LogP contribution in [0.5, 0.6) is 0 Å². The lowest BCUT2D eigenvalue weighted by molar-refractivity contribution is -0.256. The molecule has 106 valence electrons. The van der Waals surface area contributed by atoms with Crippen LogP contribution in [0.2, 0.25) is 0 Å². The molecule has 0 bridgehead atoms. The second-order valence-electron chi connectivity index (χ2n) is 5.69. The van der Waals surface area contributed by atoms with Crippen LogP contribution in [0.3, 0.4) is 0 Å². The summed E-state index contributed by atoms with van der Waals surface area (Å²) in [6, 6.07) is 6.08. The van der Waals surface area contributed by atoms with Crippen LogP contribution in [0.4, 0.5) is 5.69 Å². The largest absolute Gasteiger partial charge is 0.338 e. The lowest BCUT2D eigenvalue weighted by atomic mass is 10.1. The maximum absolute atomic E-state index is 12.9. The van der Waals surface area contributed by atoms with Crippen molar-refractivity contribution in [3.05, 3.63) is 27.3 Å². The lowest BCUT2D eigenvalue weighted by Crippen LogP contribution is -2.47. The van der Waals surface area contributed by atoms with Gasteiger partial charge in [-0.25, -0.2) is 0 Å². The van der Waals surface area contributed by atoms with Crippen LogP contribution in [-0.4, -0.2) is 25.7 Å². The second-order valence-corrected chi connectivity index (χ2v) is 6.93. The quantitative estimate of drug-likeness (QED) is 0.735. The Labute approximate surface area is 131 Å². The zero-order chi connectivity index (χ0) is 13.7. The molecule has 0 atom stereocenters. The van der Waals surface area contributed by atoms with Crippen LogP contribution in [0.25, 0.3) is 0 Å². The number of carbonyl (C=O) groups is 1. The van der Waals surface area contributed by atoms with Gasteiger partial charge in [0.05, 0.1) is 18.9 Å². The van der Waals surface area contributed by atoms with Crippen LogP contribution in [0.1, 0.15) is 24.8 Å². The maximum Gasteiger partial charge on any atom is 0.292 e. The summed E-state index contributed by atoms with van der Waals surface area (Å²) >= 11 is 2.26. The summed E-state index contributed by atoms with van der Waals surface area (Å²) < 4.78 is 12.8. The van der Waals surface area contributed by atoms with Crippen molar-refractivity contribution in [1.82, 2.24) is 0 Å². The van der Waals surface area contributed by atoms with E-state index in [0.29, 0.717) is 19.1 Å². The van der Waals surface area contributed by atoms with Gasteiger partial charge in [0.2, 0.25) is 0 Å². The monoisotopic (exact) mass is 385 g/mol. The van der Waals surface area contributed by atoms with Crippen LogP contribution >= 0.6 is 22.6 Å². The predicted octanol–water partition coefficient (Wildman–Crippen LogP) is 2.64. The van der Waals surface area contributed by atoms with Crippen molar-refractivity contribution < 1.29 is 14.3 Å². The van der Waals surface area contributed by atoms with Crippen LogP contribution in [-0.2, 0) is 20.1 Å². The first-order valence-corrected chi connectivity index (χ1v) is 8.18. The maximum atomic E-state index is 12.9. The number of carbonyl (C=O) groups excluding carboxylic acids is 1. The summed E-state index contributed by atoms with van der Waals surface area (Å²) in [7, 11) is 0. The third-order valence-electron chi connectivity index (χ3n) is 4.17. The molecule has 0 N–H and O–H groups in total. The van der Waals surface area contributed by atoms with Gasteiger partial charge < -0.3 is 14.4 Å². The van der Waals surface area contributed by atoms with E-state index in [1.807, 2.05) is 23.1 Å². The number of nitrogens with zero attached hydrogens (tertiary/aromatic N) is 1. The number of ether oxygens (including phenoxy) is 2. The Morgan fingerprint density at radius 3 is 2.75 bits per heavy atom. The van der Waals surface area contributed by atoms with E-state index in [0.717, 1.165) is 27.8 Å². The second kappa shape index (κ2) is 4.68. The minimum absolute atomic E-state index is 0.0406. The molecule has 1 saturated heterocycles. The van der Waals surface area contributed by atoms with Crippen molar-refractivity contribution in [2.24, 2.45) is 5.92 Å². The number of fused-ring (bicyclic) bond motifs is 2. The third-order valence-corrected chi connectivity index (χ3v) is 4.84. The van der Waals surface area contributed by atoms with E-state index < -0.39 is 5.79 Å². The van der Waals surface area contributed by atoms with E-state index in [1.165, 1.54) is 12.8 Å². The first kappa shape index (κ1) is 13.0. The summed E-state index contributed by atoms with van der Waals surface area (Å²) in [5, 5.41) is 0. The van der Waals surface area contributed by atoms with Crippen LogP contribution in [0.15, 0.2) is 18.2 Å². The van der Waals surface area contributed by atoms with E-state index in [4.69, 9.17) is 9.47 Å². The molecule has 1 saturated carbocycles. The van der Waals surface area contributed by atoms with Gasteiger partial charge in [-0.05, 0) is 66.0 Å². The lowest BCUT2D eigenvalue weighted by Gasteiger charge is -2.32. The summed E-state index contributed by atoms with van der Waals surface area (Å²) in [6.07, 6.45) is 3.29. The van der Waals surface area contributed by atoms with Crippen molar-refractivity contribution in [3.8, 4) is 0 Å². The molecule has 0 aromatic heterocycles.